The second-order valence-corrected chi connectivity index (χ2v) is 10.5. The van der Waals surface area contributed by atoms with Crippen molar-refractivity contribution in [2.24, 2.45) is 0 Å². The molecule has 0 amide bonds. The van der Waals surface area contributed by atoms with Crippen LogP contribution in [0.4, 0.5) is 15.8 Å². The van der Waals surface area contributed by atoms with Crippen molar-refractivity contribution in [1.29, 1.82) is 0 Å². The Hall–Kier alpha value is -3.43. The Kier molecular flexibility index (Phi) is 7.09. The van der Waals surface area contributed by atoms with E-state index in [2.05, 4.69) is 9.62 Å². The van der Waals surface area contributed by atoms with E-state index >= 15 is 0 Å². The van der Waals surface area contributed by atoms with Gasteiger partial charge in [-0.15, -0.1) is 0 Å². The van der Waals surface area contributed by atoms with Crippen molar-refractivity contribution >= 4 is 27.4 Å². The molecule has 1 heterocycles. The van der Waals surface area contributed by atoms with Crippen molar-refractivity contribution in [3.8, 4) is 0 Å². The van der Waals surface area contributed by atoms with Crippen LogP contribution in [0.15, 0.2) is 65.6 Å². The van der Waals surface area contributed by atoms with Crippen LogP contribution in [-0.2, 0) is 16.6 Å². The average Bonchev–Trinajstić information content (AvgIpc) is 2.79. The highest BCUT2D eigenvalue weighted by atomic mass is 32.2. The number of nitrogens with one attached hydrogen (secondary N) is 1. The molecular weight excluding hydrogens is 469 g/mol. The third-order valence-electron chi connectivity index (χ3n) is 6.12. The van der Waals surface area contributed by atoms with E-state index in [9.17, 15) is 22.7 Å². The van der Waals surface area contributed by atoms with Crippen LogP contribution in [0, 0.1) is 19.7 Å². The van der Waals surface area contributed by atoms with Crippen LogP contribution < -0.4 is 9.62 Å². The largest absolute Gasteiger partial charge is 0.478 e. The Morgan fingerprint density at radius 1 is 1.00 bits per heavy atom. The third-order valence-corrected chi connectivity index (χ3v) is 7.64. The number of carboxylic acids is 1. The molecule has 3 aromatic rings. The normalized spacial score (nSPS) is 14.7. The van der Waals surface area contributed by atoms with Gasteiger partial charge < -0.3 is 10.0 Å². The van der Waals surface area contributed by atoms with Crippen LogP contribution in [0.3, 0.4) is 0 Å². The number of hydrogen-bond acceptors (Lipinski definition) is 5. The van der Waals surface area contributed by atoms with Crippen molar-refractivity contribution in [1.82, 2.24) is 4.90 Å². The zero-order valence-corrected chi connectivity index (χ0v) is 20.5. The van der Waals surface area contributed by atoms with Gasteiger partial charge in [-0.25, -0.2) is 17.6 Å². The summed E-state index contributed by atoms with van der Waals surface area (Å²) in [5.41, 5.74) is 3.30. The number of aryl methyl sites for hydroxylation is 2. The molecule has 1 fully saturated rings. The molecule has 0 spiro atoms. The van der Waals surface area contributed by atoms with Gasteiger partial charge in [0.15, 0.2) is 0 Å². The zero-order valence-electron chi connectivity index (χ0n) is 19.7. The standard InChI is InChI=1S/C26H28FN3O4S/c1-18-6-9-25(19(2)14-18)35(33,34)28-23-16-21(26(31)32)7-8-24(23)30-12-10-29(11-13-30)17-20-4-3-5-22(27)15-20/h3-9,14-16,28H,10-13,17H2,1-2H3,(H,31,32). The molecule has 4 rings (SSSR count). The summed E-state index contributed by atoms with van der Waals surface area (Å²) in [6, 6.07) is 16.1. The first kappa shape index (κ1) is 24.7. The molecular formula is C26H28FN3O4S. The molecule has 1 aliphatic heterocycles. The fraction of sp³-hybridized carbons (Fsp3) is 0.269. The Morgan fingerprint density at radius 2 is 1.74 bits per heavy atom. The molecule has 184 valence electrons. The SMILES string of the molecule is Cc1ccc(S(=O)(=O)Nc2cc(C(=O)O)ccc2N2CCN(Cc3cccc(F)c3)CC2)c(C)c1. The molecule has 0 bridgehead atoms. The van der Waals surface area contributed by atoms with E-state index in [1.807, 2.05) is 17.9 Å². The second-order valence-electron chi connectivity index (χ2n) is 8.80. The summed E-state index contributed by atoms with van der Waals surface area (Å²) >= 11 is 0. The van der Waals surface area contributed by atoms with Crippen LogP contribution >= 0.6 is 0 Å². The predicted molar refractivity (Wildman–Crippen MR) is 134 cm³/mol. The predicted octanol–water partition coefficient (Wildman–Crippen LogP) is 4.26. The number of benzene rings is 3. The first-order valence-corrected chi connectivity index (χ1v) is 12.8. The Morgan fingerprint density at radius 3 is 2.40 bits per heavy atom. The highest BCUT2D eigenvalue weighted by Crippen LogP contribution is 2.31. The van der Waals surface area contributed by atoms with E-state index < -0.39 is 16.0 Å². The first-order valence-electron chi connectivity index (χ1n) is 11.3. The van der Waals surface area contributed by atoms with E-state index in [1.165, 1.54) is 24.3 Å². The van der Waals surface area contributed by atoms with E-state index in [0.29, 0.717) is 44.0 Å². The van der Waals surface area contributed by atoms with Gasteiger partial charge in [-0.1, -0.05) is 29.8 Å². The van der Waals surface area contributed by atoms with E-state index in [1.54, 1.807) is 37.3 Å². The van der Waals surface area contributed by atoms with Gasteiger partial charge in [-0.05, 0) is 61.4 Å². The average molecular weight is 498 g/mol. The van der Waals surface area contributed by atoms with Crippen LogP contribution in [0.2, 0.25) is 0 Å². The lowest BCUT2D eigenvalue weighted by molar-refractivity contribution is 0.0697. The van der Waals surface area contributed by atoms with Crippen molar-refractivity contribution in [3.63, 3.8) is 0 Å². The highest BCUT2D eigenvalue weighted by molar-refractivity contribution is 7.92. The quantitative estimate of drug-likeness (QED) is 0.507. The number of sulfonamides is 1. The lowest BCUT2D eigenvalue weighted by atomic mass is 10.1. The molecule has 0 aromatic heterocycles. The number of hydrogen-bond donors (Lipinski definition) is 2. The van der Waals surface area contributed by atoms with Crippen molar-refractivity contribution in [2.45, 2.75) is 25.3 Å². The number of nitrogens with zero attached hydrogens (tertiary/aromatic N) is 2. The van der Waals surface area contributed by atoms with Gasteiger partial charge in [0.05, 0.1) is 21.8 Å². The van der Waals surface area contributed by atoms with Crippen LogP contribution in [0.1, 0.15) is 27.0 Å². The summed E-state index contributed by atoms with van der Waals surface area (Å²) in [4.78, 5) is 16.0. The number of carboxylic acid groups (broad SMARTS) is 1. The molecule has 7 nitrogen and oxygen atoms in total. The van der Waals surface area contributed by atoms with Crippen LogP contribution in [0.25, 0.3) is 0 Å². The molecule has 3 aromatic carbocycles. The van der Waals surface area contributed by atoms with Gasteiger partial charge in [0.2, 0.25) is 0 Å². The number of aromatic carboxylic acids is 1. The summed E-state index contributed by atoms with van der Waals surface area (Å²) in [6.45, 7) is 6.85. The fourth-order valence-corrected chi connectivity index (χ4v) is 5.66. The maximum atomic E-state index is 13.5. The van der Waals surface area contributed by atoms with E-state index in [-0.39, 0.29) is 22.0 Å². The first-order chi connectivity index (χ1) is 16.6. The summed E-state index contributed by atoms with van der Waals surface area (Å²) in [5, 5.41) is 9.47. The van der Waals surface area contributed by atoms with Gasteiger partial charge >= 0.3 is 5.97 Å². The monoisotopic (exact) mass is 497 g/mol. The molecule has 0 unspecified atom stereocenters. The lowest BCUT2D eigenvalue weighted by Gasteiger charge is -2.37. The Labute approximate surface area is 204 Å². The molecule has 0 aliphatic carbocycles. The molecule has 2 N–H and O–H groups in total. The minimum Gasteiger partial charge on any atom is -0.478 e. The molecule has 0 atom stereocenters. The minimum absolute atomic E-state index is 0.00295. The highest BCUT2D eigenvalue weighted by Gasteiger charge is 2.24. The Balaban J connectivity index is 1.56. The number of piperazine rings is 1. The lowest BCUT2D eigenvalue weighted by Crippen LogP contribution is -2.46. The molecule has 9 heteroatoms. The molecule has 1 saturated heterocycles. The molecule has 35 heavy (non-hydrogen) atoms. The summed E-state index contributed by atoms with van der Waals surface area (Å²) in [5.74, 6) is -1.40. The fourth-order valence-electron chi connectivity index (χ4n) is 4.37. The smallest absolute Gasteiger partial charge is 0.335 e. The van der Waals surface area contributed by atoms with Crippen LogP contribution in [0.5, 0.6) is 0 Å². The maximum Gasteiger partial charge on any atom is 0.335 e. The van der Waals surface area contributed by atoms with E-state index in [4.69, 9.17) is 0 Å². The van der Waals surface area contributed by atoms with E-state index in [0.717, 1.165) is 11.1 Å². The molecule has 0 saturated carbocycles. The number of halogens is 1. The zero-order chi connectivity index (χ0) is 25.2. The molecule has 0 radical (unpaired) electrons. The third kappa shape index (κ3) is 5.80. The maximum absolute atomic E-state index is 13.5. The number of anilines is 2. The van der Waals surface area contributed by atoms with Crippen molar-refractivity contribution in [3.05, 3.63) is 88.7 Å². The van der Waals surface area contributed by atoms with Crippen molar-refractivity contribution < 1.29 is 22.7 Å². The minimum atomic E-state index is -3.94. The van der Waals surface area contributed by atoms with Gasteiger partial charge in [0.25, 0.3) is 10.0 Å². The summed E-state index contributed by atoms with van der Waals surface area (Å²) in [6.07, 6.45) is 0. The van der Waals surface area contributed by atoms with Crippen molar-refractivity contribution in [2.75, 3.05) is 35.8 Å². The summed E-state index contributed by atoms with van der Waals surface area (Å²) in [7, 11) is -3.94. The van der Waals surface area contributed by atoms with Gasteiger partial charge in [-0.3, -0.25) is 9.62 Å². The molecule has 1 aliphatic rings. The van der Waals surface area contributed by atoms with Gasteiger partial charge in [0.1, 0.15) is 5.82 Å². The van der Waals surface area contributed by atoms with Gasteiger partial charge in [-0.2, -0.15) is 0 Å². The summed E-state index contributed by atoms with van der Waals surface area (Å²) < 4.78 is 42.6. The Bertz CT molecular complexity index is 1350. The number of rotatable bonds is 7. The number of carbonyl (C=O) groups is 1. The van der Waals surface area contributed by atoms with Gasteiger partial charge in [0, 0.05) is 32.7 Å². The second kappa shape index (κ2) is 10.1. The topological polar surface area (TPSA) is 89.9 Å². The van der Waals surface area contributed by atoms with Crippen LogP contribution in [-0.4, -0.2) is 50.6 Å².